The summed E-state index contributed by atoms with van der Waals surface area (Å²) < 4.78 is 26.8. The summed E-state index contributed by atoms with van der Waals surface area (Å²) in [5.74, 6) is -0.0894. The van der Waals surface area contributed by atoms with Gasteiger partial charge in [-0.2, -0.15) is 0 Å². The number of rotatable bonds is 8. The summed E-state index contributed by atoms with van der Waals surface area (Å²) in [5, 5.41) is 5.67. The highest BCUT2D eigenvalue weighted by Crippen LogP contribution is 2.30. The van der Waals surface area contributed by atoms with Gasteiger partial charge in [0.25, 0.3) is 5.91 Å². The molecule has 0 radical (unpaired) electrons. The molecular formula is C21H25N3O4S. The second-order valence-electron chi connectivity index (χ2n) is 7.44. The molecular weight excluding hydrogens is 390 g/mol. The highest BCUT2D eigenvalue weighted by atomic mass is 32.2. The molecule has 0 bridgehead atoms. The van der Waals surface area contributed by atoms with Gasteiger partial charge in [0.2, 0.25) is 15.9 Å². The fraction of sp³-hybridized carbons (Fsp3) is 0.333. The maximum Gasteiger partial charge on any atom is 0.251 e. The van der Waals surface area contributed by atoms with E-state index in [1.165, 1.54) is 24.3 Å². The van der Waals surface area contributed by atoms with Crippen LogP contribution >= 0.6 is 0 Å². The van der Waals surface area contributed by atoms with E-state index in [4.69, 9.17) is 0 Å². The maximum atomic E-state index is 12.3. The summed E-state index contributed by atoms with van der Waals surface area (Å²) in [4.78, 5) is 24.2. The minimum Gasteiger partial charge on any atom is -0.348 e. The van der Waals surface area contributed by atoms with Gasteiger partial charge in [0.15, 0.2) is 0 Å². The van der Waals surface area contributed by atoms with Gasteiger partial charge >= 0.3 is 0 Å². The monoisotopic (exact) mass is 415 g/mol. The first-order chi connectivity index (χ1) is 13.7. The van der Waals surface area contributed by atoms with Gasteiger partial charge in [0.05, 0.1) is 4.90 Å². The number of carbonyl (C=O) groups excluding carboxylic acids is 2. The van der Waals surface area contributed by atoms with Crippen LogP contribution in [0.2, 0.25) is 0 Å². The van der Waals surface area contributed by atoms with Gasteiger partial charge in [-0.1, -0.05) is 12.1 Å². The third-order valence-corrected chi connectivity index (χ3v) is 6.11. The van der Waals surface area contributed by atoms with Crippen molar-refractivity contribution in [3.8, 4) is 0 Å². The van der Waals surface area contributed by atoms with Crippen molar-refractivity contribution in [2.75, 3.05) is 5.32 Å². The van der Waals surface area contributed by atoms with Crippen molar-refractivity contribution in [2.45, 2.75) is 44.2 Å². The van der Waals surface area contributed by atoms with Crippen LogP contribution in [0.25, 0.3) is 0 Å². The van der Waals surface area contributed by atoms with Crippen LogP contribution in [0.3, 0.4) is 0 Å². The van der Waals surface area contributed by atoms with Crippen LogP contribution in [0.15, 0.2) is 53.4 Å². The van der Waals surface area contributed by atoms with E-state index in [9.17, 15) is 18.0 Å². The summed E-state index contributed by atoms with van der Waals surface area (Å²) in [6.45, 7) is 3.81. The van der Waals surface area contributed by atoms with Crippen LogP contribution in [0.5, 0.6) is 0 Å². The lowest BCUT2D eigenvalue weighted by molar-refractivity contribution is -0.117. The molecule has 8 heteroatoms. The van der Waals surface area contributed by atoms with Gasteiger partial charge in [-0.3, -0.25) is 9.59 Å². The fourth-order valence-electron chi connectivity index (χ4n) is 2.74. The Bertz CT molecular complexity index is 980. The molecule has 0 aromatic heterocycles. The molecule has 0 aliphatic heterocycles. The van der Waals surface area contributed by atoms with Crippen LogP contribution in [0.4, 0.5) is 5.69 Å². The smallest absolute Gasteiger partial charge is 0.251 e. The summed E-state index contributed by atoms with van der Waals surface area (Å²) >= 11 is 0. The van der Waals surface area contributed by atoms with Crippen LogP contribution in [-0.2, 0) is 21.4 Å². The van der Waals surface area contributed by atoms with Crippen molar-refractivity contribution in [1.29, 1.82) is 0 Å². The van der Waals surface area contributed by atoms with Gasteiger partial charge in [0, 0.05) is 29.8 Å². The van der Waals surface area contributed by atoms with Gasteiger partial charge in [0.1, 0.15) is 0 Å². The number of benzene rings is 2. The average molecular weight is 416 g/mol. The lowest BCUT2D eigenvalue weighted by Crippen LogP contribution is -2.30. The predicted molar refractivity (Wildman–Crippen MR) is 111 cm³/mol. The average Bonchev–Trinajstić information content (AvgIpc) is 3.52. The Hall–Kier alpha value is -2.71. The van der Waals surface area contributed by atoms with Crippen molar-refractivity contribution in [2.24, 2.45) is 5.92 Å². The van der Waals surface area contributed by atoms with Crippen LogP contribution in [-0.4, -0.2) is 26.3 Å². The van der Waals surface area contributed by atoms with Crippen molar-refractivity contribution in [3.63, 3.8) is 0 Å². The molecule has 29 heavy (non-hydrogen) atoms. The number of amides is 2. The number of sulfonamides is 1. The summed E-state index contributed by atoms with van der Waals surface area (Å²) in [6.07, 6.45) is 1.91. The second kappa shape index (κ2) is 8.75. The minimum atomic E-state index is -3.58. The lowest BCUT2D eigenvalue weighted by atomic mass is 10.2. The molecule has 0 spiro atoms. The zero-order valence-corrected chi connectivity index (χ0v) is 17.3. The van der Waals surface area contributed by atoms with E-state index in [1.54, 1.807) is 13.8 Å². The van der Waals surface area contributed by atoms with E-state index >= 15 is 0 Å². The number of hydrogen-bond donors (Lipinski definition) is 3. The topological polar surface area (TPSA) is 104 Å². The fourth-order valence-corrected chi connectivity index (χ4v) is 4.00. The summed E-state index contributed by atoms with van der Waals surface area (Å²) in [5.41, 5.74) is 2.01. The Morgan fingerprint density at radius 2 is 1.62 bits per heavy atom. The van der Waals surface area contributed by atoms with Crippen LogP contribution in [0.1, 0.15) is 42.6 Å². The van der Waals surface area contributed by atoms with Crippen molar-refractivity contribution in [3.05, 3.63) is 59.7 Å². The molecule has 154 valence electrons. The minimum absolute atomic E-state index is 0.0557. The van der Waals surface area contributed by atoms with Crippen LogP contribution < -0.4 is 15.4 Å². The first-order valence-corrected chi connectivity index (χ1v) is 11.0. The molecule has 1 saturated carbocycles. The zero-order valence-electron chi connectivity index (χ0n) is 16.4. The highest BCUT2D eigenvalue weighted by molar-refractivity contribution is 7.89. The molecule has 2 amide bonds. The van der Waals surface area contributed by atoms with Crippen molar-refractivity contribution in [1.82, 2.24) is 10.0 Å². The van der Waals surface area contributed by atoms with Gasteiger partial charge < -0.3 is 10.6 Å². The molecule has 1 aliphatic carbocycles. The predicted octanol–water partition coefficient (Wildman–Crippen LogP) is 2.65. The molecule has 3 N–H and O–H groups in total. The van der Waals surface area contributed by atoms with E-state index in [0.717, 1.165) is 24.1 Å². The van der Waals surface area contributed by atoms with E-state index in [1.807, 2.05) is 24.3 Å². The summed E-state index contributed by atoms with van der Waals surface area (Å²) in [7, 11) is -3.58. The molecule has 3 rings (SSSR count). The highest BCUT2D eigenvalue weighted by Gasteiger charge is 2.29. The first-order valence-electron chi connectivity index (χ1n) is 9.55. The number of anilines is 1. The Morgan fingerprint density at radius 1 is 1.00 bits per heavy atom. The first kappa shape index (κ1) is 21.0. The Balaban J connectivity index is 1.54. The zero-order chi connectivity index (χ0) is 21.0. The maximum absolute atomic E-state index is 12.3. The molecule has 2 aromatic carbocycles. The Labute approximate surface area is 171 Å². The molecule has 0 saturated heterocycles. The van der Waals surface area contributed by atoms with Crippen molar-refractivity contribution >= 4 is 27.5 Å². The third kappa shape index (κ3) is 5.88. The molecule has 0 atom stereocenters. The van der Waals surface area contributed by atoms with E-state index < -0.39 is 10.0 Å². The van der Waals surface area contributed by atoms with Crippen molar-refractivity contribution < 1.29 is 18.0 Å². The summed E-state index contributed by atoms with van der Waals surface area (Å²) in [6, 6.07) is 12.9. The van der Waals surface area contributed by atoms with Crippen LogP contribution in [0, 0.1) is 5.92 Å². The largest absolute Gasteiger partial charge is 0.348 e. The van der Waals surface area contributed by atoms with Gasteiger partial charge in [-0.25, -0.2) is 13.1 Å². The number of hydrogen-bond acceptors (Lipinski definition) is 4. The lowest BCUT2D eigenvalue weighted by Gasteiger charge is -2.10. The Morgan fingerprint density at radius 3 is 2.17 bits per heavy atom. The second-order valence-corrected chi connectivity index (χ2v) is 9.16. The third-order valence-electron chi connectivity index (χ3n) is 4.44. The van der Waals surface area contributed by atoms with Gasteiger partial charge in [-0.15, -0.1) is 0 Å². The molecule has 1 fully saturated rings. The van der Waals surface area contributed by atoms with Gasteiger partial charge in [-0.05, 0) is 68.7 Å². The number of carbonyl (C=O) groups is 2. The quantitative estimate of drug-likeness (QED) is 0.616. The van der Waals surface area contributed by atoms with E-state index in [0.29, 0.717) is 12.1 Å². The standard InChI is InChI=1S/C21H25N3O4S/c1-14(2)24-29(27,28)19-11-7-16(8-12-19)20(25)22-13-15-3-9-18(10-4-15)23-21(26)17-5-6-17/h3-4,7-12,14,17,24H,5-6,13H2,1-2H3,(H,22,25)(H,23,26). The molecule has 0 heterocycles. The Kier molecular flexibility index (Phi) is 6.34. The van der Waals surface area contributed by atoms with E-state index in [-0.39, 0.29) is 28.7 Å². The SMILES string of the molecule is CC(C)NS(=O)(=O)c1ccc(C(=O)NCc2ccc(NC(=O)C3CC3)cc2)cc1. The van der Waals surface area contributed by atoms with E-state index in [2.05, 4.69) is 15.4 Å². The molecule has 1 aliphatic rings. The number of nitrogens with one attached hydrogen (secondary N) is 3. The normalized spacial score (nSPS) is 13.9. The molecule has 0 unspecified atom stereocenters. The molecule has 2 aromatic rings. The molecule has 7 nitrogen and oxygen atoms in total.